The molecule has 1 aliphatic heterocycles. The number of alkyl halides is 3. The average molecular weight is 272 g/mol. The second-order valence-electron chi connectivity index (χ2n) is 4.97. The minimum absolute atomic E-state index is 0.236. The van der Waals surface area contributed by atoms with Gasteiger partial charge >= 0.3 is 6.18 Å². The minimum atomic E-state index is -4.31. The van der Waals surface area contributed by atoms with Gasteiger partial charge in [0.2, 0.25) is 0 Å². The van der Waals surface area contributed by atoms with Crippen molar-refractivity contribution in [2.24, 2.45) is 0 Å². The fraction of sp³-hybridized carbons (Fsp3) is 0.571. The van der Waals surface area contributed by atoms with Crippen molar-refractivity contribution < 1.29 is 13.2 Å². The van der Waals surface area contributed by atoms with Crippen LogP contribution in [0.4, 0.5) is 24.5 Å². The first-order valence-corrected chi connectivity index (χ1v) is 6.59. The van der Waals surface area contributed by atoms with Crippen LogP contribution in [0.3, 0.4) is 0 Å². The summed E-state index contributed by atoms with van der Waals surface area (Å²) in [5.41, 5.74) is 1.39. The Kier molecular flexibility index (Phi) is 3.65. The van der Waals surface area contributed by atoms with Gasteiger partial charge in [-0.15, -0.1) is 0 Å². The van der Waals surface area contributed by atoms with E-state index in [0.29, 0.717) is 18.3 Å². The van der Waals surface area contributed by atoms with Crippen molar-refractivity contribution in [2.45, 2.75) is 38.8 Å². The first-order chi connectivity index (χ1) is 8.90. The molecule has 0 aliphatic carbocycles. The quantitative estimate of drug-likeness (QED) is 0.875. The normalized spacial score (nSPS) is 14.8. The van der Waals surface area contributed by atoms with E-state index in [-0.39, 0.29) is 5.69 Å². The smallest absolute Gasteiger partial charge is 0.366 e. The zero-order valence-corrected chi connectivity index (χ0v) is 11.4. The molecule has 1 aromatic carbocycles. The maximum Gasteiger partial charge on any atom is 0.418 e. The summed E-state index contributed by atoms with van der Waals surface area (Å²) >= 11 is 0. The summed E-state index contributed by atoms with van der Waals surface area (Å²) in [5.74, 6) is 0.304. The van der Waals surface area contributed by atoms with E-state index in [0.717, 1.165) is 18.4 Å². The number of hydrogen-bond acceptors (Lipinski definition) is 2. The molecule has 2 nitrogen and oxygen atoms in total. The maximum atomic E-state index is 13.0. The third kappa shape index (κ3) is 2.38. The van der Waals surface area contributed by atoms with E-state index in [2.05, 4.69) is 19.2 Å². The standard InChI is InChI=1S/C14H19F3N2/c1-4-9(5-2)10-6-7-11(14(15,16)17)12-13(10)19(3)8-18-12/h6-7,9,18H,4-5,8H2,1-3H3. The highest BCUT2D eigenvalue weighted by atomic mass is 19.4. The summed E-state index contributed by atoms with van der Waals surface area (Å²) in [6, 6.07) is 2.85. The molecule has 106 valence electrons. The van der Waals surface area contributed by atoms with E-state index in [1.165, 1.54) is 6.07 Å². The molecular weight excluding hydrogens is 253 g/mol. The fourth-order valence-corrected chi connectivity index (χ4v) is 2.77. The molecule has 0 amide bonds. The second-order valence-corrected chi connectivity index (χ2v) is 4.97. The van der Waals surface area contributed by atoms with Gasteiger partial charge in [0.15, 0.2) is 0 Å². The minimum Gasteiger partial charge on any atom is -0.366 e. The van der Waals surface area contributed by atoms with Gasteiger partial charge in [-0.05, 0) is 30.4 Å². The van der Waals surface area contributed by atoms with Crippen LogP contribution in [-0.4, -0.2) is 13.7 Å². The topological polar surface area (TPSA) is 15.3 Å². The molecule has 0 saturated carbocycles. The van der Waals surface area contributed by atoms with Gasteiger partial charge in [0.25, 0.3) is 0 Å². The Morgan fingerprint density at radius 1 is 1.26 bits per heavy atom. The molecule has 1 N–H and O–H groups in total. The Balaban J connectivity index is 2.59. The number of nitrogens with one attached hydrogen (secondary N) is 1. The maximum absolute atomic E-state index is 13.0. The molecule has 0 saturated heterocycles. The van der Waals surface area contributed by atoms with E-state index in [1.54, 1.807) is 6.07 Å². The number of fused-ring (bicyclic) bond motifs is 1. The molecular formula is C14H19F3N2. The highest BCUT2D eigenvalue weighted by Crippen LogP contribution is 2.46. The SMILES string of the molecule is CCC(CC)c1ccc(C(F)(F)F)c2c1N(C)CN2. The van der Waals surface area contributed by atoms with Crippen LogP contribution < -0.4 is 10.2 Å². The highest BCUT2D eigenvalue weighted by molar-refractivity contribution is 5.81. The molecule has 0 spiro atoms. The third-order valence-electron chi connectivity index (χ3n) is 3.81. The second kappa shape index (κ2) is 4.94. The first-order valence-electron chi connectivity index (χ1n) is 6.59. The van der Waals surface area contributed by atoms with Crippen LogP contribution in [0, 0.1) is 0 Å². The van der Waals surface area contributed by atoms with Crippen molar-refractivity contribution in [2.75, 3.05) is 23.9 Å². The van der Waals surface area contributed by atoms with Crippen molar-refractivity contribution in [3.63, 3.8) is 0 Å². The molecule has 5 heteroatoms. The van der Waals surface area contributed by atoms with Gasteiger partial charge in [0.1, 0.15) is 0 Å². The van der Waals surface area contributed by atoms with Gasteiger partial charge in [-0.2, -0.15) is 13.2 Å². The lowest BCUT2D eigenvalue weighted by Crippen LogP contribution is -2.17. The number of nitrogens with zero attached hydrogens (tertiary/aromatic N) is 1. The van der Waals surface area contributed by atoms with Crippen LogP contribution in [0.5, 0.6) is 0 Å². The van der Waals surface area contributed by atoms with Crippen molar-refractivity contribution in [1.82, 2.24) is 0 Å². The number of halogens is 3. The monoisotopic (exact) mass is 272 g/mol. The molecule has 0 radical (unpaired) electrons. The van der Waals surface area contributed by atoms with Gasteiger partial charge in [-0.3, -0.25) is 0 Å². The summed E-state index contributed by atoms with van der Waals surface area (Å²) in [6.45, 7) is 4.57. The van der Waals surface area contributed by atoms with Gasteiger partial charge in [-0.25, -0.2) is 0 Å². The summed E-state index contributed by atoms with van der Waals surface area (Å²) in [4.78, 5) is 1.86. The molecule has 19 heavy (non-hydrogen) atoms. The van der Waals surface area contributed by atoms with Crippen LogP contribution in [-0.2, 0) is 6.18 Å². The molecule has 0 bridgehead atoms. The van der Waals surface area contributed by atoms with Crippen molar-refractivity contribution in [3.8, 4) is 0 Å². The summed E-state index contributed by atoms with van der Waals surface area (Å²) in [7, 11) is 1.82. The van der Waals surface area contributed by atoms with E-state index in [4.69, 9.17) is 0 Å². The van der Waals surface area contributed by atoms with Crippen LogP contribution in [0.15, 0.2) is 12.1 Å². The summed E-state index contributed by atoms with van der Waals surface area (Å²) in [5, 5.41) is 2.87. The Labute approximate surface area is 111 Å². The zero-order chi connectivity index (χ0) is 14.2. The predicted octanol–water partition coefficient (Wildman–Crippen LogP) is 4.43. The van der Waals surface area contributed by atoms with E-state index in [1.807, 2.05) is 11.9 Å². The van der Waals surface area contributed by atoms with Gasteiger partial charge < -0.3 is 10.2 Å². The van der Waals surface area contributed by atoms with Crippen molar-refractivity contribution in [3.05, 3.63) is 23.3 Å². The fourth-order valence-electron chi connectivity index (χ4n) is 2.77. The zero-order valence-electron chi connectivity index (χ0n) is 11.4. The van der Waals surface area contributed by atoms with E-state index < -0.39 is 11.7 Å². The van der Waals surface area contributed by atoms with Crippen molar-refractivity contribution in [1.29, 1.82) is 0 Å². The Hall–Kier alpha value is -1.39. The molecule has 1 heterocycles. The number of hydrogen-bond donors (Lipinski definition) is 1. The summed E-state index contributed by atoms with van der Waals surface area (Å²) in [6.07, 6.45) is -2.45. The summed E-state index contributed by atoms with van der Waals surface area (Å²) < 4.78 is 39.0. The van der Waals surface area contributed by atoms with Crippen LogP contribution in [0.25, 0.3) is 0 Å². The lowest BCUT2D eigenvalue weighted by atomic mass is 9.90. The Morgan fingerprint density at radius 3 is 2.42 bits per heavy atom. The Morgan fingerprint density at radius 2 is 1.89 bits per heavy atom. The Bertz CT molecular complexity index is 464. The van der Waals surface area contributed by atoms with E-state index in [9.17, 15) is 13.2 Å². The molecule has 2 rings (SSSR count). The average Bonchev–Trinajstić information content (AvgIpc) is 2.72. The van der Waals surface area contributed by atoms with Crippen LogP contribution >= 0.6 is 0 Å². The van der Waals surface area contributed by atoms with E-state index >= 15 is 0 Å². The molecule has 1 aliphatic rings. The molecule has 0 fully saturated rings. The predicted molar refractivity (Wildman–Crippen MR) is 71.7 cm³/mol. The number of benzene rings is 1. The molecule has 0 aromatic heterocycles. The van der Waals surface area contributed by atoms with Crippen LogP contribution in [0.2, 0.25) is 0 Å². The molecule has 0 atom stereocenters. The number of rotatable bonds is 3. The van der Waals surface area contributed by atoms with Gasteiger partial charge in [0, 0.05) is 7.05 Å². The van der Waals surface area contributed by atoms with Gasteiger partial charge in [0.05, 0.1) is 23.6 Å². The molecule has 1 aromatic rings. The van der Waals surface area contributed by atoms with Crippen LogP contribution in [0.1, 0.15) is 43.7 Å². The lowest BCUT2D eigenvalue weighted by Gasteiger charge is -2.22. The van der Waals surface area contributed by atoms with Crippen molar-refractivity contribution >= 4 is 11.4 Å². The lowest BCUT2D eigenvalue weighted by molar-refractivity contribution is -0.136. The highest BCUT2D eigenvalue weighted by Gasteiger charge is 2.38. The largest absolute Gasteiger partial charge is 0.418 e. The molecule has 0 unspecified atom stereocenters. The third-order valence-corrected chi connectivity index (χ3v) is 3.81. The first kappa shape index (κ1) is 14.0. The number of anilines is 2. The van der Waals surface area contributed by atoms with Gasteiger partial charge in [-0.1, -0.05) is 19.9 Å².